The molecule has 1 heterocycles. The van der Waals surface area contributed by atoms with Crippen molar-refractivity contribution < 1.29 is 22.8 Å². The van der Waals surface area contributed by atoms with E-state index in [1.54, 1.807) is 0 Å². The predicted octanol–water partition coefficient (Wildman–Crippen LogP) is 1.94. The Balaban J connectivity index is 2.13. The van der Waals surface area contributed by atoms with Crippen LogP contribution in [0.3, 0.4) is 0 Å². The average molecular weight is 300 g/mol. The van der Waals surface area contributed by atoms with E-state index in [1.165, 1.54) is 30.0 Å². The van der Waals surface area contributed by atoms with Crippen molar-refractivity contribution in [2.75, 3.05) is 6.54 Å². The lowest BCUT2D eigenvalue weighted by atomic mass is 10.1. The van der Waals surface area contributed by atoms with E-state index < -0.39 is 11.7 Å². The molecule has 0 spiro atoms. The topological polar surface area (TPSA) is 49.4 Å². The Morgan fingerprint density at radius 2 is 2.05 bits per heavy atom. The van der Waals surface area contributed by atoms with E-state index in [1.807, 2.05) is 0 Å². The van der Waals surface area contributed by atoms with Gasteiger partial charge in [-0.05, 0) is 11.6 Å². The maximum atomic E-state index is 12.9. The summed E-state index contributed by atoms with van der Waals surface area (Å²) in [5.41, 5.74) is -0.678. The Morgan fingerprint density at radius 3 is 2.67 bits per heavy atom. The molecule has 2 rings (SSSR count). The van der Waals surface area contributed by atoms with Gasteiger partial charge in [0.1, 0.15) is 0 Å². The lowest BCUT2D eigenvalue weighted by Crippen LogP contribution is -2.35. The van der Waals surface area contributed by atoms with E-state index in [2.05, 4.69) is 5.32 Å². The van der Waals surface area contributed by atoms with Crippen molar-refractivity contribution in [2.24, 2.45) is 0 Å². The van der Waals surface area contributed by atoms with Crippen LogP contribution in [0.4, 0.5) is 13.2 Å². The average Bonchev–Trinajstić information content (AvgIpc) is 2.68. The van der Waals surface area contributed by atoms with Crippen molar-refractivity contribution >= 4 is 11.8 Å². The SMILES string of the molecule is CC(=O)N[C@@H]1CC(=O)N(Cc2ccccc2C(F)(F)F)C1. The number of nitrogens with one attached hydrogen (secondary N) is 1. The van der Waals surface area contributed by atoms with Crippen LogP contribution in [0, 0.1) is 0 Å². The van der Waals surface area contributed by atoms with E-state index in [0.29, 0.717) is 0 Å². The molecule has 1 N–H and O–H groups in total. The van der Waals surface area contributed by atoms with Gasteiger partial charge in [-0.25, -0.2) is 0 Å². The van der Waals surface area contributed by atoms with E-state index in [9.17, 15) is 22.8 Å². The van der Waals surface area contributed by atoms with E-state index >= 15 is 0 Å². The van der Waals surface area contributed by atoms with Gasteiger partial charge in [0.25, 0.3) is 0 Å². The largest absolute Gasteiger partial charge is 0.416 e. The lowest BCUT2D eigenvalue weighted by molar-refractivity contribution is -0.139. The summed E-state index contributed by atoms with van der Waals surface area (Å²) in [6.45, 7) is 1.46. The molecular weight excluding hydrogens is 285 g/mol. The Hall–Kier alpha value is -2.05. The third kappa shape index (κ3) is 3.74. The number of hydrogen-bond acceptors (Lipinski definition) is 2. The fourth-order valence-corrected chi connectivity index (χ4v) is 2.45. The van der Waals surface area contributed by atoms with Gasteiger partial charge in [-0.2, -0.15) is 13.2 Å². The quantitative estimate of drug-likeness (QED) is 0.927. The van der Waals surface area contributed by atoms with Crippen molar-refractivity contribution in [3.63, 3.8) is 0 Å². The zero-order chi connectivity index (χ0) is 15.6. The Kier molecular flexibility index (Phi) is 4.20. The number of amides is 2. The third-order valence-corrected chi connectivity index (χ3v) is 3.31. The van der Waals surface area contributed by atoms with Gasteiger partial charge in [-0.1, -0.05) is 18.2 Å². The number of carbonyl (C=O) groups is 2. The minimum absolute atomic E-state index is 0.0572. The van der Waals surface area contributed by atoms with Gasteiger partial charge in [0.05, 0.1) is 11.6 Å². The first-order valence-corrected chi connectivity index (χ1v) is 6.47. The number of benzene rings is 1. The second-order valence-corrected chi connectivity index (χ2v) is 5.03. The van der Waals surface area contributed by atoms with Gasteiger partial charge in [-0.15, -0.1) is 0 Å². The summed E-state index contributed by atoms with van der Waals surface area (Å²) in [5.74, 6) is -0.518. The van der Waals surface area contributed by atoms with Crippen molar-refractivity contribution in [1.29, 1.82) is 0 Å². The molecule has 1 aromatic rings. The Morgan fingerprint density at radius 1 is 1.38 bits per heavy atom. The molecule has 7 heteroatoms. The zero-order valence-corrected chi connectivity index (χ0v) is 11.4. The fraction of sp³-hybridized carbons (Fsp3) is 0.429. The monoisotopic (exact) mass is 300 g/mol. The van der Waals surface area contributed by atoms with Gasteiger partial charge in [0.2, 0.25) is 11.8 Å². The summed E-state index contributed by atoms with van der Waals surface area (Å²) >= 11 is 0. The number of nitrogens with zero attached hydrogens (tertiary/aromatic N) is 1. The van der Waals surface area contributed by atoms with Crippen LogP contribution in [0.5, 0.6) is 0 Å². The van der Waals surface area contributed by atoms with Crippen molar-refractivity contribution in [3.05, 3.63) is 35.4 Å². The highest BCUT2D eigenvalue weighted by Gasteiger charge is 2.35. The summed E-state index contributed by atoms with van der Waals surface area (Å²) in [7, 11) is 0. The molecule has 0 aliphatic carbocycles. The second kappa shape index (κ2) is 5.75. The number of alkyl halides is 3. The van der Waals surface area contributed by atoms with Gasteiger partial charge < -0.3 is 10.2 Å². The van der Waals surface area contributed by atoms with Gasteiger partial charge in [0, 0.05) is 26.4 Å². The van der Waals surface area contributed by atoms with Crippen LogP contribution in [0.1, 0.15) is 24.5 Å². The van der Waals surface area contributed by atoms with Gasteiger partial charge in [0.15, 0.2) is 0 Å². The Labute approximate surface area is 119 Å². The molecule has 1 aliphatic heterocycles. The Bertz CT molecular complexity index is 557. The molecule has 1 atom stereocenters. The molecule has 1 fully saturated rings. The molecule has 0 radical (unpaired) electrons. The van der Waals surface area contributed by atoms with E-state index in [-0.39, 0.29) is 42.9 Å². The number of hydrogen-bond donors (Lipinski definition) is 1. The van der Waals surface area contributed by atoms with Crippen LogP contribution in [0.15, 0.2) is 24.3 Å². The summed E-state index contributed by atoms with van der Waals surface area (Å²) in [5, 5.41) is 2.61. The highest BCUT2D eigenvalue weighted by molar-refractivity contribution is 5.81. The van der Waals surface area contributed by atoms with Crippen LogP contribution < -0.4 is 5.32 Å². The molecule has 0 unspecified atom stereocenters. The maximum Gasteiger partial charge on any atom is 0.416 e. The first kappa shape index (κ1) is 15.3. The molecule has 2 amide bonds. The number of halogens is 3. The normalized spacial score (nSPS) is 19.0. The smallest absolute Gasteiger partial charge is 0.351 e. The fourth-order valence-electron chi connectivity index (χ4n) is 2.45. The molecule has 0 bridgehead atoms. The standard InChI is InChI=1S/C14H15F3N2O2/c1-9(20)18-11-6-13(21)19(8-11)7-10-4-2-3-5-12(10)14(15,16)17/h2-5,11H,6-8H2,1H3,(H,18,20)/t11-/m1/s1. The van der Waals surface area contributed by atoms with Crippen molar-refractivity contribution in [1.82, 2.24) is 10.2 Å². The summed E-state index contributed by atoms with van der Waals surface area (Å²) < 4.78 is 38.7. The molecule has 1 aliphatic rings. The molecule has 114 valence electrons. The third-order valence-electron chi connectivity index (χ3n) is 3.31. The second-order valence-electron chi connectivity index (χ2n) is 5.03. The lowest BCUT2D eigenvalue weighted by Gasteiger charge is -2.20. The van der Waals surface area contributed by atoms with Crippen molar-refractivity contribution in [2.45, 2.75) is 32.1 Å². The van der Waals surface area contributed by atoms with E-state index in [0.717, 1.165) is 6.07 Å². The van der Waals surface area contributed by atoms with Gasteiger partial charge in [-0.3, -0.25) is 9.59 Å². The van der Waals surface area contributed by atoms with Crippen LogP contribution in [0.25, 0.3) is 0 Å². The molecule has 1 saturated heterocycles. The highest BCUT2D eigenvalue weighted by atomic mass is 19.4. The van der Waals surface area contributed by atoms with Crippen LogP contribution in [-0.2, 0) is 22.3 Å². The first-order chi connectivity index (χ1) is 9.77. The summed E-state index contributed by atoms with van der Waals surface area (Å²) in [6, 6.07) is 4.85. The van der Waals surface area contributed by atoms with Crippen LogP contribution in [0.2, 0.25) is 0 Å². The first-order valence-electron chi connectivity index (χ1n) is 6.47. The van der Waals surface area contributed by atoms with Crippen LogP contribution >= 0.6 is 0 Å². The van der Waals surface area contributed by atoms with Crippen LogP contribution in [-0.4, -0.2) is 29.3 Å². The van der Waals surface area contributed by atoms with Crippen molar-refractivity contribution in [3.8, 4) is 0 Å². The minimum atomic E-state index is -4.45. The molecule has 1 aromatic carbocycles. The molecular formula is C14H15F3N2O2. The minimum Gasteiger partial charge on any atom is -0.351 e. The maximum absolute atomic E-state index is 12.9. The number of likely N-dealkylation sites (tertiary alicyclic amines) is 1. The molecule has 21 heavy (non-hydrogen) atoms. The molecule has 4 nitrogen and oxygen atoms in total. The predicted molar refractivity (Wildman–Crippen MR) is 69.1 cm³/mol. The highest BCUT2D eigenvalue weighted by Crippen LogP contribution is 2.32. The number of rotatable bonds is 3. The molecule has 0 saturated carbocycles. The van der Waals surface area contributed by atoms with E-state index in [4.69, 9.17) is 0 Å². The number of carbonyl (C=O) groups excluding carboxylic acids is 2. The molecule has 0 aromatic heterocycles. The summed E-state index contributed by atoms with van der Waals surface area (Å²) in [4.78, 5) is 24.1. The van der Waals surface area contributed by atoms with Gasteiger partial charge >= 0.3 is 6.18 Å². The summed E-state index contributed by atoms with van der Waals surface area (Å²) in [6.07, 6.45) is -4.33. The zero-order valence-electron chi connectivity index (χ0n) is 11.4.